The van der Waals surface area contributed by atoms with Crippen LogP contribution >= 0.6 is 0 Å². The maximum absolute atomic E-state index is 12.8. The largest absolute Gasteiger partial charge is 0.398 e. The van der Waals surface area contributed by atoms with E-state index in [-0.39, 0.29) is 4.90 Å². The number of anilines is 1. The molecule has 2 rings (SSSR count). The first kappa shape index (κ1) is 16.3. The van der Waals surface area contributed by atoms with Gasteiger partial charge in [-0.1, -0.05) is 6.07 Å². The highest BCUT2D eigenvalue weighted by molar-refractivity contribution is 7.89. The van der Waals surface area contributed by atoms with Crippen molar-refractivity contribution >= 4 is 15.7 Å². The van der Waals surface area contributed by atoms with Crippen LogP contribution in [0.1, 0.15) is 24.0 Å². The predicted octanol–water partition coefficient (Wildman–Crippen LogP) is 1.60. The van der Waals surface area contributed by atoms with Crippen molar-refractivity contribution in [3.05, 3.63) is 23.3 Å². The van der Waals surface area contributed by atoms with E-state index in [1.165, 1.54) is 17.1 Å². The smallest absolute Gasteiger partial charge is 0.245 e. The molecule has 118 valence electrons. The third-order valence-electron chi connectivity index (χ3n) is 4.31. The monoisotopic (exact) mass is 311 g/mol. The predicted molar refractivity (Wildman–Crippen MR) is 85.8 cm³/mol. The minimum Gasteiger partial charge on any atom is -0.398 e. The first-order valence-electron chi connectivity index (χ1n) is 7.38. The molecule has 5 nitrogen and oxygen atoms in total. The summed E-state index contributed by atoms with van der Waals surface area (Å²) in [5, 5.41) is 0. The number of benzene rings is 1. The quantitative estimate of drug-likeness (QED) is 0.839. The van der Waals surface area contributed by atoms with Gasteiger partial charge in [0.25, 0.3) is 0 Å². The van der Waals surface area contributed by atoms with Crippen LogP contribution < -0.4 is 5.73 Å². The summed E-state index contributed by atoms with van der Waals surface area (Å²) in [7, 11) is -1.90. The Labute approximate surface area is 127 Å². The number of nitrogen functional groups attached to an aromatic ring is 1. The summed E-state index contributed by atoms with van der Waals surface area (Å²) in [5.41, 5.74) is 7.92. The standard InChI is InChI=1S/C15H25N3O2S/c1-12-6-7-14(16)15(13(12)2)21(19,20)17(3)10-11-18-8-4-5-9-18/h6-7H,4-5,8-11,16H2,1-3H3. The summed E-state index contributed by atoms with van der Waals surface area (Å²) in [5.74, 6) is 0. The molecule has 21 heavy (non-hydrogen) atoms. The van der Waals surface area contributed by atoms with E-state index in [0.717, 1.165) is 30.8 Å². The van der Waals surface area contributed by atoms with E-state index < -0.39 is 10.0 Å². The Hall–Kier alpha value is -1.11. The number of hydrogen-bond donors (Lipinski definition) is 1. The van der Waals surface area contributed by atoms with Crippen molar-refractivity contribution in [2.75, 3.05) is 39.0 Å². The molecule has 0 radical (unpaired) electrons. The fraction of sp³-hybridized carbons (Fsp3) is 0.600. The van der Waals surface area contributed by atoms with Gasteiger partial charge in [0.15, 0.2) is 0 Å². The Morgan fingerprint density at radius 2 is 1.86 bits per heavy atom. The molecule has 0 saturated carbocycles. The molecular formula is C15H25N3O2S. The van der Waals surface area contributed by atoms with Crippen molar-refractivity contribution in [2.45, 2.75) is 31.6 Å². The molecule has 1 aromatic rings. The molecule has 2 N–H and O–H groups in total. The molecule has 0 aromatic heterocycles. The zero-order valence-corrected chi connectivity index (χ0v) is 13.9. The minimum absolute atomic E-state index is 0.256. The number of hydrogen-bond acceptors (Lipinski definition) is 4. The highest BCUT2D eigenvalue weighted by atomic mass is 32.2. The lowest BCUT2D eigenvalue weighted by molar-refractivity contribution is 0.310. The maximum atomic E-state index is 12.8. The average Bonchev–Trinajstić information content (AvgIpc) is 2.93. The Morgan fingerprint density at radius 3 is 2.48 bits per heavy atom. The number of nitrogens with zero attached hydrogens (tertiary/aromatic N) is 2. The van der Waals surface area contributed by atoms with Crippen molar-refractivity contribution in [2.24, 2.45) is 0 Å². The van der Waals surface area contributed by atoms with Crippen LogP contribution in [0, 0.1) is 13.8 Å². The van der Waals surface area contributed by atoms with Gasteiger partial charge in [-0.25, -0.2) is 8.42 Å². The molecule has 0 bridgehead atoms. The molecule has 1 aliphatic rings. The fourth-order valence-corrected chi connectivity index (χ4v) is 4.27. The van der Waals surface area contributed by atoms with Crippen molar-refractivity contribution in [3.63, 3.8) is 0 Å². The van der Waals surface area contributed by atoms with Crippen LogP contribution in [0.25, 0.3) is 0 Å². The first-order valence-corrected chi connectivity index (χ1v) is 8.82. The van der Waals surface area contributed by atoms with Gasteiger partial charge in [-0.05, 0) is 57.0 Å². The highest BCUT2D eigenvalue weighted by Gasteiger charge is 2.26. The zero-order chi connectivity index (χ0) is 15.6. The highest BCUT2D eigenvalue weighted by Crippen LogP contribution is 2.27. The van der Waals surface area contributed by atoms with Gasteiger partial charge >= 0.3 is 0 Å². The van der Waals surface area contributed by atoms with Crippen molar-refractivity contribution in [3.8, 4) is 0 Å². The van der Waals surface area contributed by atoms with Gasteiger partial charge in [-0.2, -0.15) is 4.31 Å². The summed E-state index contributed by atoms with van der Waals surface area (Å²) in [6.07, 6.45) is 2.42. The van der Waals surface area contributed by atoms with Gasteiger partial charge in [-0.3, -0.25) is 0 Å². The summed E-state index contributed by atoms with van der Waals surface area (Å²) in [4.78, 5) is 2.56. The zero-order valence-electron chi connectivity index (χ0n) is 13.1. The van der Waals surface area contributed by atoms with Crippen LogP contribution in [0.5, 0.6) is 0 Å². The molecule has 0 atom stereocenters. The van der Waals surface area contributed by atoms with Gasteiger partial charge in [0.2, 0.25) is 10.0 Å². The van der Waals surface area contributed by atoms with Gasteiger partial charge in [0.1, 0.15) is 4.90 Å². The molecule has 0 aliphatic carbocycles. The van der Waals surface area contributed by atoms with Gasteiger partial charge < -0.3 is 10.6 Å². The Morgan fingerprint density at radius 1 is 1.24 bits per heavy atom. The van der Waals surface area contributed by atoms with Crippen LogP contribution in [0.3, 0.4) is 0 Å². The lowest BCUT2D eigenvalue weighted by atomic mass is 10.1. The van der Waals surface area contributed by atoms with Gasteiger partial charge in [-0.15, -0.1) is 0 Å². The summed E-state index contributed by atoms with van der Waals surface area (Å²) >= 11 is 0. The van der Waals surface area contributed by atoms with Crippen molar-refractivity contribution in [1.82, 2.24) is 9.21 Å². The molecule has 0 amide bonds. The third kappa shape index (κ3) is 3.39. The average molecular weight is 311 g/mol. The Bertz CT molecular complexity index is 608. The summed E-state index contributed by atoms with van der Waals surface area (Å²) in [6.45, 7) is 7.12. The third-order valence-corrected chi connectivity index (χ3v) is 6.37. The fourth-order valence-electron chi connectivity index (χ4n) is 2.72. The molecule has 1 heterocycles. The topological polar surface area (TPSA) is 66.6 Å². The second kappa shape index (κ2) is 6.34. The Balaban J connectivity index is 2.19. The Kier molecular flexibility index (Phi) is 4.91. The summed E-state index contributed by atoms with van der Waals surface area (Å²) < 4.78 is 26.9. The second-order valence-corrected chi connectivity index (χ2v) is 7.78. The van der Waals surface area contributed by atoms with E-state index in [9.17, 15) is 8.42 Å². The number of sulfonamides is 1. The van der Waals surface area contributed by atoms with Gasteiger partial charge in [0.05, 0.1) is 5.69 Å². The van der Waals surface area contributed by atoms with Crippen LogP contribution in [0.4, 0.5) is 5.69 Å². The van der Waals surface area contributed by atoms with E-state index in [4.69, 9.17) is 5.73 Å². The van der Waals surface area contributed by atoms with Crippen LogP contribution in [0.15, 0.2) is 17.0 Å². The molecule has 6 heteroatoms. The normalized spacial score (nSPS) is 16.8. The van der Waals surface area contributed by atoms with E-state index in [1.54, 1.807) is 13.1 Å². The van der Waals surface area contributed by atoms with Gasteiger partial charge in [0, 0.05) is 20.1 Å². The van der Waals surface area contributed by atoms with E-state index in [1.807, 2.05) is 19.9 Å². The molecule has 0 spiro atoms. The van der Waals surface area contributed by atoms with E-state index >= 15 is 0 Å². The SMILES string of the molecule is Cc1ccc(N)c(S(=O)(=O)N(C)CCN2CCCC2)c1C. The van der Waals surface area contributed by atoms with Crippen LogP contribution in [-0.2, 0) is 10.0 Å². The number of aryl methyl sites for hydroxylation is 1. The lowest BCUT2D eigenvalue weighted by Crippen LogP contribution is -2.35. The maximum Gasteiger partial charge on any atom is 0.245 e. The van der Waals surface area contributed by atoms with E-state index in [0.29, 0.717) is 12.2 Å². The van der Waals surface area contributed by atoms with Crippen molar-refractivity contribution in [1.29, 1.82) is 0 Å². The molecule has 0 unspecified atom stereocenters. The minimum atomic E-state index is -3.53. The van der Waals surface area contributed by atoms with Crippen LogP contribution in [0.2, 0.25) is 0 Å². The summed E-state index contributed by atoms with van der Waals surface area (Å²) in [6, 6.07) is 3.53. The lowest BCUT2D eigenvalue weighted by Gasteiger charge is -2.23. The van der Waals surface area contributed by atoms with Crippen LogP contribution in [-0.4, -0.2) is 50.8 Å². The molecule has 1 aliphatic heterocycles. The molecular weight excluding hydrogens is 286 g/mol. The molecule has 1 fully saturated rings. The number of likely N-dealkylation sites (N-methyl/N-ethyl adjacent to an activating group) is 1. The van der Waals surface area contributed by atoms with Crippen molar-refractivity contribution < 1.29 is 8.42 Å². The number of rotatable bonds is 5. The number of nitrogens with two attached hydrogens (primary N) is 1. The number of likely N-dealkylation sites (tertiary alicyclic amines) is 1. The molecule has 1 aromatic carbocycles. The first-order chi connectivity index (χ1) is 9.84. The second-order valence-electron chi connectivity index (χ2n) is 5.80. The van der Waals surface area contributed by atoms with E-state index in [2.05, 4.69) is 4.90 Å². The molecule has 1 saturated heterocycles.